The maximum absolute atomic E-state index is 5.56. The zero-order valence-corrected chi connectivity index (χ0v) is 14.0. The molecule has 0 saturated heterocycles. The van der Waals surface area contributed by atoms with Gasteiger partial charge in [-0.05, 0) is 13.0 Å². The average Bonchev–Trinajstić information content (AvgIpc) is 2.52. The van der Waals surface area contributed by atoms with Gasteiger partial charge in [0.25, 0.3) is 0 Å². The Morgan fingerprint density at radius 1 is 0.952 bits per heavy atom. The second-order valence-electron chi connectivity index (χ2n) is 5.05. The van der Waals surface area contributed by atoms with Gasteiger partial charge in [0, 0.05) is 18.2 Å². The summed E-state index contributed by atoms with van der Waals surface area (Å²) in [5, 5.41) is 3.54. The maximum Gasteiger partial charge on any atom is 0.131 e. The first kappa shape index (κ1) is 17.6. The molecule has 0 aliphatic carbocycles. The van der Waals surface area contributed by atoms with E-state index in [9.17, 15) is 0 Å². The predicted octanol–water partition coefficient (Wildman–Crippen LogP) is 3.94. The Morgan fingerprint density at radius 3 is 2.00 bits per heavy atom. The Morgan fingerprint density at radius 2 is 1.57 bits per heavy atom. The molecule has 0 saturated carbocycles. The van der Waals surface area contributed by atoms with Crippen LogP contribution in [0.1, 0.15) is 51.1 Å². The van der Waals surface area contributed by atoms with Crippen LogP contribution in [0.5, 0.6) is 17.2 Å². The van der Waals surface area contributed by atoms with E-state index < -0.39 is 0 Å². The summed E-state index contributed by atoms with van der Waals surface area (Å²) in [5.41, 5.74) is 1.08. The van der Waals surface area contributed by atoms with Crippen LogP contribution in [0.2, 0.25) is 0 Å². The van der Waals surface area contributed by atoms with Crippen LogP contribution < -0.4 is 19.5 Å². The summed E-state index contributed by atoms with van der Waals surface area (Å²) < 4.78 is 16.4. The number of benzene rings is 1. The van der Waals surface area contributed by atoms with Gasteiger partial charge in [0.1, 0.15) is 17.2 Å². The van der Waals surface area contributed by atoms with E-state index in [0.717, 1.165) is 35.8 Å². The van der Waals surface area contributed by atoms with E-state index in [1.807, 2.05) is 12.1 Å². The highest BCUT2D eigenvalue weighted by molar-refractivity contribution is 5.52. The molecule has 0 aliphatic heterocycles. The van der Waals surface area contributed by atoms with Crippen molar-refractivity contribution in [2.45, 2.75) is 45.6 Å². The fraction of sp³-hybridized carbons (Fsp3) is 0.647. The van der Waals surface area contributed by atoms with Crippen molar-refractivity contribution in [3.63, 3.8) is 0 Å². The number of ether oxygens (including phenoxy) is 3. The number of rotatable bonds is 10. The van der Waals surface area contributed by atoms with Gasteiger partial charge in [-0.15, -0.1) is 0 Å². The number of methoxy groups -OCH3 is 3. The van der Waals surface area contributed by atoms with Crippen LogP contribution in [0.25, 0.3) is 0 Å². The van der Waals surface area contributed by atoms with Crippen molar-refractivity contribution in [1.29, 1.82) is 0 Å². The third-order valence-corrected chi connectivity index (χ3v) is 3.65. The third kappa shape index (κ3) is 4.81. The average molecular weight is 295 g/mol. The van der Waals surface area contributed by atoms with E-state index >= 15 is 0 Å². The van der Waals surface area contributed by atoms with Crippen LogP contribution in [0.3, 0.4) is 0 Å². The molecule has 0 aromatic heterocycles. The Hall–Kier alpha value is -1.42. The molecule has 0 amide bonds. The van der Waals surface area contributed by atoms with Gasteiger partial charge in [0.2, 0.25) is 0 Å². The van der Waals surface area contributed by atoms with Gasteiger partial charge < -0.3 is 19.5 Å². The molecule has 1 unspecified atom stereocenters. The molecule has 120 valence electrons. The smallest absolute Gasteiger partial charge is 0.131 e. The molecule has 0 aliphatic rings. The SMILES string of the molecule is CCCCCC(NCC)c1c(OC)cc(OC)cc1OC. The Labute approximate surface area is 128 Å². The minimum atomic E-state index is 0.234. The van der Waals surface area contributed by atoms with Crippen molar-refractivity contribution in [3.8, 4) is 17.2 Å². The maximum atomic E-state index is 5.56. The minimum Gasteiger partial charge on any atom is -0.496 e. The monoisotopic (exact) mass is 295 g/mol. The van der Waals surface area contributed by atoms with Gasteiger partial charge in [0.05, 0.1) is 26.9 Å². The molecule has 0 radical (unpaired) electrons. The lowest BCUT2D eigenvalue weighted by Gasteiger charge is -2.23. The fourth-order valence-corrected chi connectivity index (χ4v) is 2.57. The lowest BCUT2D eigenvalue weighted by atomic mass is 9.98. The van der Waals surface area contributed by atoms with Crippen molar-refractivity contribution >= 4 is 0 Å². The molecule has 21 heavy (non-hydrogen) atoms. The van der Waals surface area contributed by atoms with Gasteiger partial charge in [-0.2, -0.15) is 0 Å². The molecule has 4 nitrogen and oxygen atoms in total. The van der Waals surface area contributed by atoms with Gasteiger partial charge in [-0.25, -0.2) is 0 Å². The van der Waals surface area contributed by atoms with Crippen LogP contribution in [0.4, 0.5) is 0 Å². The molecular formula is C17H29NO3. The van der Waals surface area contributed by atoms with Crippen LogP contribution in [0.15, 0.2) is 12.1 Å². The molecule has 4 heteroatoms. The van der Waals surface area contributed by atoms with Gasteiger partial charge in [0.15, 0.2) is 0 Å². The molecule has 0 bridgehead atoms. The van der Waals surface area contributed by atoms with Gasteiger partial charge in [-0.1, -0.05) is 33.1 Å². The van der Waals surface area contributed by atoms with Crippen molar-refractivity contribution in [1.82, 2.24) is 5.32 Å². The molecule has 1 aromatic carbocycles. The standard InChI is InChI=1S/C17H29NO3/c1-6-8-9-10-14(18-7-2)17-15(20-4)11-13(19-3)12-16(17)21-5/h11-12,14,18H,6-10H2,1-5H3. The van der Waals surface area contributed by atoms with Crippen molar-refractivity contribution in [3.05, 3.63) is 17.7 Å². The Kier molecular flexibility index (Phi) is 7.98. The lowest BCUT2D eigenvalue weighted by Crippen LogP contribution is -2.22. The molecule has 0 fully saturated rings. The molecule has 0 heterocycles. The number of hydrogen-bond donors (Lipinski definition) is 1. The van der Waals surface area contributed by atoms with E-state index in [2.05, 4.69) is 19.2 Å². The number of hydrogen-bond acceptors (Lipinski definition) is 4. The largest absolute Gasteiger partial charge is 0.496 e. The second kappa shape index (κ2) is 9.50. The van der Waals surface area contributed by atoms with Crippen molar-refractivity contribution in [2.75, 3.05) is 27.9 Å². The molecule has 0 spiro atoms. The molecule has 1 atom stereocenters. The third-order valence-electron chi connectivity index (χ3n) is 3.65. The van der Waals surface area contributed by atoms with E-state index in [1.54, 1.807) is 21.3 Å². The summed E-state index contributed by atoms with van der Waals surface area (Å²) >= 11 is 0. The summed E-state index contributed by atoms with van der Waals surface area (Å²) in [7, 11) is 5.02. The van der Waals surface area contributed by atoms with Gasteiger partial charge >= 0.3 is 0 Å². The van der Waals surface area contributed by atoms with Crippen molar-refractivity contribution < 1.29 is 14.2 Å². The van der Waals surface area contributed by atoms with Crippen LogP contribution in [0, 0.1) is 0 Å². The Bertz CT molecular complexity index is 395. The highest BCUT2D eigenvalue weighted by atomic mass is 16.5. The molecular weight excluding hydrogens is 266 g/mol. The first-order valence-electron chi connectivity index (χ1n) is 7.75. The number of nitrogens with one attached hydrogen (secondary N) is 1. The summed E-state index contributed by atoms with van der Waals surface area (Å²) in [5.74, 6) is 2.37. The lowest BCUT2D eigenvalue weighted by molar-refractivity contribution is 0.353. The van der Waals surface area contributed by atoms with Crippen LogP contribution in [-0.2, 0) is 0 Å². The summed E-state index contributed by atoms with van der Waals surface area (Å²) in [6.07, 6.45) is 4.71. The normalized spacial score (nSPS) is 12.0. The second-order valence-corrected chi connectivity index (χ2v) is 5.05. The van der Waals surface area contributed by atoms with Crippen LogP contribution in [-0.4, -0.2) is 27.9 Å². The zero-order valence-electron chi connectivity index (χ0n) is 14.0. The van der Waals surface area contributed by atoms with E-state index in [1.165, 1.54) is 19.3 Å². The van der Waals surface area contributed by atoms with Crippen LogP contribution >= 0.6 is 0 Å². The minimum absolute atomic E-state index is 0.234. The topological polar surface area (TPSA) is 39.7 Å². The molecule has 1 rings (SSSR count). The van der Waals surface area contributed by atoms with Gasteiger partial charge in [-0.3, -0.25) is 0 Å². The first-order chi connectivity index (χ1) is 10.2. The number of unbranched alkanes of at least 4 members (excludes halogenated alkanes) is 2. The Balaban J connectivity index is 3.14. The molecule has 1 N–H and O–H groups in total. The highest BCUT2D eigenvalue weighted by Gasteiger charge is 2.21. The highest BCUT2D eigenvalue weighted by Crippen LogP contribution is 2.39. The zero-order chi connectivity index (χ0) is 15.7. The van der Waals surface area contributed by atoms with E-state index in [0.29, 0.717) is 0 Å². The summed E-state index contributed by atoms with van der Waals surface area (Å²) in [6.45, 7) is 5.25. The summed E-state index contributed by atoms with van der Waals surface area (Å²) in [4.78, 5) is 0. The quantitative estimate of drug-likeness (QED) is 0.664. The first-order valence-corrected chi connectivity index (χ1v) is 7.75. The molecule has 1 aromatic rings. The van der Waals surface area contributed by atoms with Crippen molar-refractivity contribution in [2.24, 2.45) is 0 Å². The predicted molar refractivity (Wildman–Crippen MR) is 86.7 cm³/mol. The summed E-state index contributed by atoms with van der Waals surface area (Å²) in [6, 6.07) is 4.07. The van der Waals surface area contributed by atoms with E-state index in [4.69, 9.17) is 14.2 Å². The fourth-order valence-electron chi connectivity index (χ4n) is 2.57. The van der Waals surface area contributed by atoms with E-state index in [-0.39, 0.29) is 6.04 Å².